The highest BCUT2D eigenvalue weighted by atomic mass is 32.1. The minimum absolute atomic E-state index is 0.120. The van der Waals surface area contributed by atoms with E-state index in [2.05, 4.69) is 10.6 Å². The fourth-order valence-corrected chi connectivity index (χ4v) is 2.00. The smallest absolute Gasteiger partial charge is 0.233 e. The summed E-state index contributed by atoms with van der Waals surface area (Å²) in [5.41, 5.74) is 4.87. The molecule has 0 heterocycles. The lowest BCUT2D eigenvalue weighted by molar-refractivity contribution is -0.128. The summed E-state index contributed by atoms with van der Waals surface area (Å²) in [5, 5.41) is 5.34. The zero-order chi connectivity index (χ0) is 13.5. The highest BCUT2D eigenvalue weighted by Crippen LogP contribution is 2.26. The molecule has 17 heavy (non-hydrogen) atoms. The molecule has 5 nitrogen and oxygen atoms in total. The number of amides is 2. The Kier molecular flexibility index (Phi) is 6.72. The summed E-state index contributed by atoms with van der Waals surface area (Å²) in [6.45, 7) is 5.98. The molecule has 0 fully saturated rings. The molecule has 0 unspecified atom stereocenters. The number of carbonyl (C=O) groups is 2. The van der Waals surface area contributed by atoms with Crippen molar-refractivity contribution in [1.29, 1.82) is 0 Å². The SMILES string of the molecule is CCC(CC)(C(=O)NCCNC(C)=O)C(N)=S. The van der Waals surface area contributed by atoms with E-state index in [4.69, 9.17) is 18.0 Å². The minimum atomic E-state index is -0.772. The molecule has 0 bridgehead atoms. The van der Waals surface area contributed by atoms with Gasteiger partial charge >= 0.3 is 0 Å². The van der Waals surface area contributed by atoms with Crippen molar-refractivity contribution in [2.24, 2.45) is 11.1 Å². The standard InChI is InChI=1S/C11H21N3O2S/c1-4-11(5-2,9(12)17)10(16)14-7-6-13-8(3)15/h4-7H2,1-3H3,(H2,12,17)(H,13,15)(H,14,16). The van der Waals surface area contributed by atoms with Crippen LogP contribution in [0.3, 0.4) is 0 Å². The summed E-state index contributed by atoms with van der Waals surface area (Å²) in [5.74, 6) is -0.286. The average Bonchev–Trinajstić information content (AvgIpc) is 2.26. The third-order valence-electron chi connectivity index (χ3n) is 2.90. The largest absolute Gasteiger partial charge is 0.392 e. The summed E-state index contributed by atoms with van der Waals surface area (Å²) in [6.07, 6.45) is 1.15. The summed E-state index contributed by atoms with van der Waals surface area (Å²) in [4.78, 5) is 22.9. The van der Waals surface area contributed by atoms with Gasteiger partial charge in [0.2, 0.25) is 11.8 Å². The monoisotopic (exact) mass is 259 g/mol. The van der Waals surface area contributed by atoms with E-state index >= 15 is 0 Å². The van der Waals surface area contributed by atoms with Crippen LogP contribution in [-0.4, -0.2) is 29.9 Å². The lowest BCUT2D eigenvalue weighted by Gasteiger charge is -2.28. The van der Waals surface area contributed by atoms with Gasteiger partial charge in [-0.3, -0.25) is 9.59 Å². The molecule has 0 aliphatic heterocycles. The summed E-state index contributed by atoms with van der Waals surface area (Å²) >= 11 is 4.97. The number of rotatable bonds is 7. The number of hydrogen-bond donors (Lipinski definition) is 3. The molecule has 0 radical (unpaired) electrons. The van der Waals surface area contributed by atoms with Crippen LogP contribution in [0, 0.1) is 5.41 Å². The van der Waals surface area contributed by atoms with Crippen LogP contribution in [0.25, 0.3) is 0 Å². The van der Waals surface area contributed by atoms with Gasteiger partial charge in [-0.15, -0.1) is 0 Å². The summed E-state index contributed by atoms with van der Waals surface area (Å²) in [7, 11) is 0. The number of thiocarbonyl (C=S) groups is 1. The molecule has 0 saturated carbocycles. The lowest BCUT2D eigenvalue weighted by atomic mass is 9.81. The van der Waals surface area contributed by atoms with Gasteiger partial charge in [0.05, 0.1) is 10.4 Å². The first-order valence-electron chi connectivity index (χ1n) is 5.73. The second kappa shape index (κ2) is 7.21. The number of nitrogens with two attached hydrogens (primary N) is 1. The van der Waals surface area contributed by atoms with Crippen molar-refractivity contribution in [2.75, 3.05) is 13.1 Å². The predicted octanol–water partition coefficient (Wildman–Crippen LogP) is 0.331. The highest BCUT2D eigenvalue weighted by molar-refractivity contribution is 7.80. The molecule has 2 amide bonds. The van der Waals surface area contributed by atoms with Crippen molar-refractivity contribution >= 4 is 29.0 Å². The van der Waals surface area contributed by atoms with Crippen LogP contribution in [0.1, 0.15) is 33.6 Å². The molecular weight excluding hydrogens is 238 g/mol. The molecule has 0 aromatic heterocycles. The topological polar surface area (TPSA) is 84.2 Å². The Hall–Kier alpha value is -1.17. The van der Waals surface area contributed by atoms with Gasteiger partial charge in [-0.05, 0) is 12.8 Å². The van der Waals surface area contributed by atoms with Gasteiger partial charge in [0.15, 0.2) is 0 Å². The van der Waals surface area contributed by atoms with Crippen molar-refractivity contribution in [3.8, 4) is 0 Å². The fourth-order valence-electron chi connectivity index (χ4n) is 1.62. The van der Waals surface area contributed by atoms with Crippen molar-refractivity contribution in [3.05, 3.63) is 0 Å². The molecule has 0 aromatic rings. The number of carbonyl (C=O) groups excluding carboxylic acids is 2. The first-order chi connectivity index (χ1) is 7.90. The van der Waals surface area contributed by atoms with Gasteiger partial charge in [-0.2, -0.15) is 0 Å². The van der Waals surface area contributed by atoms with E-state index in [1.807, 2.05) is 13.8 Å². The van der Waals surface area contributed by atoms with Crippen molar-refractivity contribution in [3.63, 3.8) is 0 Å². The third-order valence-corrected chi connectivity index (χ3v) is 3.29. The molecule has 0 saturated heterocycles. The third kappa shape index (κ3) is 4.30. The van der Waals surface area contributed by atoms with E-state index in [1.165, 1.54) is 6.92 Å². The van der Waals surface area contributed by atoms with Crippen LogP contribution in [0.2, 0.25) is 0 Å². The van der Waals surface area contributed by atoms with Crippen molar-refractivity contribution in [2.45, 2.75) is 33.6 Å². The molecule has 98 valence electrons. The second-order valence-electron chi connectivity index (χ2n) is 3.89. The van der Waals surface area contributed by atoms with E-state index < -0.39 is 5.41 Å². The molecule has 0 atom stereocenters. The molecule has 6 heteroatoms. The van der Waals surface area contributed by atoms with Gasteiger partial charge < -0.3 is 16.4 Å². The van der Waals surface area contributed by atoms with E-state index in [1.54, 1.807) is 0 Å². The van der Waals surface area contributed by atoms with E-state index in [0.29, 0.717) is 25.9 Å². The minimum Gasteiger partial charge on any atom is -0.392 e. The maximum atomic E-state index is 12.0. The average molecular weight is 259 g/mol. The molecule has 0 aliphatic carbocycles. The van der Waals surface area contributed by atoms with E-state index in [-0.39, 0.29) is 16.8 Å². The Balaban J connectivity index is 4.35. The van der Waals surface area contributed by atoms with Crippen molar-refractivity contribution < 1.29 is 9.59 Å². The summed E-state index contributed by atoms with van der Waals surface area (Å²) < 4.78 is 0. The fraction of sp³-hybridized carbons (Fsp3) is 0.727. The maximum absolute atomic E-state index is 12.0. The zero-order valence-corrected chi connectivity index (χ0v) is 11.4. The van der Waals surface area contributed by atoms with Gasteiger partial charge in [-0.25, -0.2) is 0 Å². The van der Waals surface area contributed by atoms with Crippen LogP contribution in [0.4, 0.5) is 0 Å². The van der Waals surface area contributed by atoms with Gasteiger partial charge in [-0.1, -0.05) is 26.1 Å². The maximum Gasteiger partial charge on any atom is 0.233 e. The quantitative estimate of drug-likeness (QED) is 0.454. The Morgan fingerprint density at radius 1 is 1.18 bits per heavy atom. The molecule has 0 spiro atoms. The Morgan fingerprint density at radius 2 is 1.65 bits per heavy atom. The Morgan fingerprint density at radius 3 is 2.00 bits per heavy atom. The second-order valence-corrected chi connectivity index (χ2v) is 4.33. The number of nitrogens with one attached hydrogen (secondary N) is 2. The van der Waals surface area contributed by atoms with Crippen LogP contribution >= 0.6 is 12.2 Å². The molecular formula is C11H21N3O2S. The van der Waals surface area contributed by atoms with Gasteiger partial charge in [0.25, 0.3) is 0 Å². The number of hydrogen-bond acceptors (Lipinski definition) is 3. The van der Waals surface area contributed by atoms with Crippen LogP contribution in [0.5, 0.6) is 0 Å². The summed E-state index contributed by atoms with van der Waals surface area (Å²) in [6, 6.07) is 0. The lowest BCUT2D eigenvalue weighted by Crippen LogP contribution is -2.49. The molecule has 0 rings (SSSR count). The van der Waals surface area contributed by atoms with Crippen LogP contribution in [-0.2, 0) is 9.59 Å². The predicted molar refractivity (Wildman–Crippen MR) is 71.5 cm³/mol. The van der Waals surface area contributed by atoms with E-state index in [0.717, 1.165) is 0 Å². The van der Waals surface area contributed by atoms with Crippen molar-refractivity contribution in [1.82, 2.24) is 10.6 Å². The van der Waals surface area contributed by atoms with E-state index in [9.17, 15) is 9.59 Å². The molecule has 0 aromatic carbocycles. The zero-order valence-electron chi connectivity index (χ0n) is 10.6. The first kappa shape index (κ1) is 15.8. The van der Waals surface area contributed by atoms with Crippen LogP contribution in [0.15, 0.2) is 0 Å². The first-order valence-corrected chi connectivity index (χ1v) is 6.14. The normalized spacial score (nSPS) is 10.8. The van der Waals surface area contributed by atoms with Crippen LogP contribution < -0.4 is 16.4 Å². The Bertz CT molecular complexity index is 301. The molecule has 4 N–H and O–H groups in total. The highest BCUT2D eigenvalue weighted by Gasteiger charge is 2.37. The van der Waals surface area contributed by atoms with Gasteiger partial charge in [0, 0.05) is 20.0 Å². The van der Waals surface area contributed by atoms with Gasteiger partial charge in [0.1, 0.15) is 0 Å². The molecule has 0 aliphatic rings. The Labute approximate surface area is 108 Å².